The second-order valence-corrected chi connectivity index (χ2v) is 8.27. The molecule has 152 valence electrons. The van der Waals surface area contributed by atoms with Crippen LogP contribution in [0.15, 0.2) is 43.0 Å². The van der Waals surface area contributed by atoms with Gasteiger partial charge >= 0.3 is 0 Å². The van der Waals surface area contributed by atoms with Gasteiger partial charge in [0.15, 0.2) is 5.78 Å². The summed E-state index contributed by atoms with van der Waals surface area (Å²) in [7, 11) is 0. The molecule has 0 spiro atoms. The van der Waals surface area contributed by atoms with E-state index < -0.39 is 5.54 Å². The number of allylic oxidation sites excluding steroid dienone is 2. The Hall–Kier alpha value is -3.55. The van der Waals surface area contributed by atoms with Gasteiger partial charge in [-0.3, -0.25) is 14.2 Å². The van der Waals surface area contributed by atoms with E-state index in [9.17, 15) is 9.59 Å². The summed E-state index contributed by atoms with van der Waals surface area (Å²) in [6.07, 6.45) is 7.66. The molecule has 1 amide bonds. The van der Waals surface area contributed by atoms with Crippen LogP contribution in [0.5, 0.6) is 0 Å². The fourth-order valence-corrected chi connectivity index (χ4v) is 4.29. The van der Waals surface area contributed by atoms with Crippen molar-refractivity contribution in [2.24, 2.45) is 0 Å². The molecule has 0 fully saturated rings. The minimum absolute atomic E-state index is 0.0921. The second-order valence-electron chi connectivity index (χ2n) is 8.27. The quantitative estimate of drug-likeness (QED) is 0.727. The molecule has 1 atom stereocenters. The van der Waals surface area contributed by atoms with Crippen LogP contribution in [0.25, 0.3) is 11.4 Å². The number of aryl methyl sites for hydroxylation is 1. The molecule has 0 unspecified atom stereocenters. The zero-order valence-corrected chi connectivity index (χ0v) is 16.9. The average Bonchev–Trinajstić information content (AvgIpc) is 3.39. The van der Waals surface area contributed by atoms with Crippen LogP contribution in [-0.2, 0) is 12.8 Å². The van der Waals surface area contributed by atoms with Crippen LogP contribution in [0.3, 0.4) is 0 Å². The van der Waals surface area contributed by atoms with Crippen LogP contribution in [-0.4, -0.2) is 41.8 Å². The third-order valence-corrected chi connectivity index (χ3v) is 5.99. The summed E-state index contributed by atoms with van der Waals surface area (Å²) in [6, 6.07) is 7.31. The lowest BCUT2D eigenvalue weighted by molar-refractivity contribution is 0.0898. The maximum absolute atomic E-state index is 12.9. The Morgan fingerprint density at radius 3 is 2.63 bits per heavy atom. The Bertz CT molecular complexity index is 1170. The summed E-state index contributed by atoms with van der Waals surface area (Å²) in [5.41, 5.74) is 4.66. The number of rotatable bonds is 3. The van der Waals surface area contributed by atoms with E-state index in [1.807, 2.05) is 32.1 Å². The van der Waals surface area contributed by atoms with Crippen LogP contribution in [0.4, 0.5) is 0 Å². The number of nitrogens with zero attached hydrogens (tertiary/aromatic N) is 5. The third kappa shape index (κ3) is 3.04. The number of hydrogen-bond acceptors (Lipinski definition) is 5. The van der Waals surface area contributed by atoms with E-state index in [1.54, 1.807) is 34.0 Å². The summed E-state index contributed by atoms with van der Waals surface area (Å²) in [4.78, 5) is 25.5. The molecule has 2 aromatic heterocycles. The van der Waals surface area contributed by atoms with Gasteiger partial charge in [0.1, 0.15) is 18.3 Å². The molecule has 2 aliphatic rings. The van der Waals surface area contributed by atoms with Crippen molar-refractivity contribution in [2.75, 3.05) is 0 Å². The first-order chi connectivity index (χ1) is 14.4. The standard InChI is InChI=1S/C22H22N6O2/c1-14-3-8-19(29)20-17-11-22(2,10-9-18(17)26-28(14)20)25-21(30)15-4-6-16(7-5-15)27-12-23-24-13-27/h3-7,12-13H,8-11H2,1-2H3,(H,25,30)/t22-/m1/s1. The monoisotopic (exact) mass is 402 g/mol. The zero-order valence-electron chi connectivity index (χ0n) is 16.9. The predicted octanol–water partition coefficient (Wildman–Crippen LogP) is 2.59. The molecule has 0 saturated carbocycles. The van der Waals surface area contributed by atoms with Crippen molar-refractivity contribution in [3.05, 3.63) is 65.5 Å². The van der Waals surface area contributed by atoms with Crippen molar-refractivity contribution in [1.82, 2.24) is 29.9 Å². The number of aromatic nitrogens is 5. The minimum Gasteiger partial charge on any atom is -0.347 e. The van der Waals surface area contributed by atoms with Crippen LogP contribution in [0.2, 0.25) is 0 Å². The number of fused-ring (bicyclic) bond motifs is 3. The van der Waals surface area contributed by atoms with Crippen LogP contribution < -0.4 is 5.32 Å². The fourth-order valence-electron chi connectivity index (χ4n) is 4.29. The molecule has 1 aliphatic heterocycles. The summed E-state index contributed by atoms with van der Waals surface area (Å²) in [5.74, 6) is -0.0331. The highest BCUT2D eigenvalue weighted by atomic mass is 16.2. The normalized spacial score (nSPS) is 20.3. The van der Waals surface area contributed by atoms with Crippen molar-refractivity contribution >= 4 is 17.4 Å². The number of ketones is 1. The molecule has 0 radical (unpaired) electrons. The fraction of sp³-hybridized carbons (Fsp3) is 0.318. The predicted molar refractivity (Wildman–Crippen MR) is 110 cm³/mol. The highest BCUT2D eigenvalue weighted by Crippen LogP contribution is 2.34. The zero-order chi connectivity index (χ0) is 20.9. The van der Waals surface area contributed by atoms with Crippen molar-refractivity contribution in [3.8, 4) is 5.69 Å². The molecule has 0 bridgehead atoms. The maximum atomic E-state index is 12.9. The summed E-state index contributed by atoms with van der Waals surface area (Å²) >= 11 is 0. The topological polar surface area (TPSA) is 94.7 Å². The van der Waals surface area contributed by atoms with E-state index in [0.717, 1.165) is 35.5 Å². The van der Waals surface area contributed by atoms with E-state index in [1.165, 1.54) is 0 Å². The Morgan fingerprint density at radius 2 is 1.90 bits per heavy atom. The van der Waals surface area contributed by atoms with Crippen molar-refractivity contribution < 1.29 is 9.59 Å². The number of benzene rings is 1. The highest BCUT2D eigenvalue weighted by Gasteiger charge is 2.37. The minimum atomic E-state index is -0.434. The molecular formula is C22H22N6O2. The summed E-state index contributed by atoms with van der Waals surface area (Å²) < 4.78 is 3.55. The molecule has 1 N–H and O–H groups in total. The number of nitrogens with one attached hydrogen (secondary N) is 1. The van der Waals surface area contributed by atoms with E-state index >= 15 is 0 Å². The van der Waals surface area contributed by atoms with E-state index in [4.69, 9.17) is 0 Å². The number of amides is 1. The first-order valence-corrected chi connectivity index (χ1v) is 10.0. The van der Waals surface area contributed by atoms with Crippen molar-refractivity contribution in [1.29, 1.82) is 0 Å². The molecule has 30 heavy (non-hydrogen) atoms. The molecule has 8 heteroatoms. The molecule has 1 aromatic carbocycles. The van der Waals surface area contributed by atoms with Gasteiger partial charge < -0.3 is 5.32 Å². The number of Topliss-reactive ketones (excluding diaryl/α,β-unsaturated/α-hetero) is 1. The average molecular weight is 402 g/mol. The van der Waals surface area contributed by atoms with Crippen molar-refractivity contribution in [3.63, 3.8) is 0 Å². The lowest BCUT2D eigenvalue weighted by atomic mass is 9.80. The molecule has 3 aromatic rings. The Labute approximate surface area is 173 Å². The van der Waals surface area contributed by atoms with Gasteiger partial charge in [0.25, 0.3) is 5.91 Å². The first-order valence-electron chi connectivity index (χ1n) is 10.0. The van der Waals surface area contributed by atoms with E-state index in [-0.39, 0.29) is 11.7 Å². The van der Waals surface area contributed by atoms with Crippen LogP contribution in [0.1, 0.15) is 58.8 Å². The molecule has 8 nitrogen and oxygen atoms in total. The number of carbonyl (C=O) groups is 2. The lowest BCUT2D eigenvalue weighted by Gasteiger charge is -2.34. The highest BCUT2D eigenvalue weighted by molar-refractivity contribution is 6.00. The van der Waals surface area contributed by atoms with E-state index in [2.05, 4.69) is 20.6 Å². The van der Waals surface area contributed by atoms with Gasteiger partial charge in [-0.2, -0.15) is 5.10 Å². The molecule has 3 heterocycles. The van der Waals surface area contributed by atoms with Gasteiger partial charge in [0.05, 0.1) is 5.69 Å². The third-order valence-electron chi connectivity index (χ3n) is 5.99. The van der Waals surface area contributed by atoms with Gasteiger partial charge in [-0.25, -0.2) is 4.68 Å². The summed E-state index contributed by atoms with van der Waals surface area (Å²) in [5, 5.41) is 15.5. The Morgan fingerprint density at radius 1 is 1.17 bits per heavy atom. The van der Waals surface area contributed by atoms with Gasteiger partial charge in [0.2, 0.25) is 0 Å². The van der Waals surface area contributed by atoms with Crippen LogP contribution >= 0.6 is 0 Å². The largest absolute Gasteiger partial charge is 0.347 e. The van der Waals surface area contributed by atoms with Gasteiger partial charge in [-0.15, -0.1) is 10.2 Å². The molecular weight excluding hydrogens is 380 g/mol. The SMILES string of the molecule is CC1=CCC(=O)c2c3c(nn21)CC[C@@](C)(NC(=O)c1ccc(-n2cnnc2)cc1)C3. The maximum Gasteiger partial charge on any atom is 0.251 e. The van der Waals surface area contributed by atoms with Gasteiger partial charge in [-0.1, -0.05) is 6.08 Å². The van der Waals surface area contributed by atoms with Gasteiger partial charge in [-0.05, 0) is 57.4 Å². The van der Waals surface area contributed by atoms with Crippen molar-refractivity contribution in [2.45, 2.75) is 45.1 Å². The summed E-state index contributed by atoms with van der Waals surface area (Å²) in [6.45, 7) is 4.01. The lowest BCUT2D eigenvalue weighted by Crippen LogP contribution is -2.50. The first kappa shape index (κ1) is 18.5. The molecule has 1 aliphatic carbocycles. The van der Waals surface area contributed by atoms with Gasteiger partial charge in [0, 0.05) is 34.5 Å². The number of carbonyl (C=O) groups excluding carboxylic acids is 2. The van der Waals surface area contributed by atoms with Crippen LogP contribution in [0, 0.1) is 0 Å². The Kier molecular flexibility index (Phi) is 4.16. The number of hydrogen-bond donors (Lipinski definition) is 1. The smallest absolute Gasteiger partial charge is 0.251 e. The molecule has 0 saturated heterocycles. The van der Waals surface area contributed by atoms with E-state index in [0.29, 0.717) is 24.1 Å². The molecule has 5 rings (SSSR count). The Balaban J connectivity index is 1.37. The second kappa shape index (κ2) is 6.76.